The van der Waals surface area contributed by atoms with Crippen LogP contribution < -0.4 is 4.90 Å². The van der Waals surface area contributed by atoms with Crippen molar-refractivity contribution in [3.05, 3.63) is 246 Å². The molecule has 9 rings (SSSR count). The van der Waals surface area contributed by atoms with Gasteiger partial charge in [0, 0.05) is 16.7 Å². The number of para-hydroxylation sites is 1. The smallest absolute Gasteiger partial charge is 0.0540 e. The van der Waals surface area contributed by atoms with Crippen LogP contribution in [0.15, 0.2) is 212 Å². The van der Waals surface area contributed by atoms with Crippen molar-refractivity contribution in [2.45, 2.75) is 19.3 Å². The van der Waals surface area contributed by atoms with E-state index >= 15 is 0 Å². The number of nitrogens with zero attached hydrogens (tertiary/aromatic N) is 1. The number of rotatable bonds is 8. The first-order chi connectivity index (χ1) is 26.6. The number of benzene rings is 8. The Labute approximate surface area is 319 Å². The molecule has 0 N–H and O–H groups in total. The minimum absolute atomic E-state index is 0.205. The molecule has 0 aromatic heterocycles. The maximum atomic E-state index is 2.51. The molecule has 0 spiro atoms. The molecule has 0 aliphatic heterocycles. The molecule has 0 saturated heterocycles. The summed E-state index contributed by atoms with van der Waals surface area (Å²) in [5.74, 6) is 0. The van der Waals surface area contributed by atoms with Crippen LogP contribution >= 0.6 is 0 Å². The number of hydrogen-bond donors (Lipinski definition) is 0. The van der Waals surface area contributed by atoms with Crippen LogP contribution in [-0.2, 0) is 5.41 Å². The van der Waals surface area contributed by atoms with Gasteiger partial charge in [-0.2, -0.15) is 0 Å². The van der Waals surface area contributed by atoms with Crippen molar-refractivity contribution in [3.8, 4) is 22.3 Å². The number of hydrogen-bond acceptors (Lipinski definition) is 1. The van der Waals surface area contributed by atoms with Crippen molar-refractivity contribution in [2.75, 3.05) is 4.90 Å². The Morgan fingerprint density at radius 2 is 0.815 bits per heavy atom. The summed E-state index contributed by atoms with van der Waals surface area (Å²) in [6, 6.07) is 77.0. The summed E-state index contributed by atoms with van der Waals surface area (Å²) < 4.78 is 0. The van der Waals surface area contributed by atoms with Gasteiger partial charge in [0.25, 0.3) is 0 Å². The predicted molar refractivity (Wildman–Crippen MR) is 228 cm³/mol. The molecular formula is C53H41N. The van der Waals surface area contributed by atoms with Crippen molar-refractivity contribution >= 4 is 28.2 Å². The van der Waals surface area contributed by atoms with E-state index in [0.29, 0.717) is 0 Å². The van der Waals surface area contributed by atoms with Crippen LogP contribution in [0.5, 0.6) is 0 Å². The molecule has 0 heterocycles. The van der Waals surface area contributed by atoms with Gasteiger partial charge in [0.15, 0.2) is 0 Å². The monoisotopic (exact) mass is 691 g/mol. The van der Waals surface area contributed by atoms with E-state index in [4.69, 9.17) is 0 Å². The minimum Gasteiger partial charge on any atom is -0.310 e. The Morgan fingerprint density at radius 1 is 0.370 bits per heavy atom. The molecule has 1 aliphatic rings. The van der Waals surface area contributed by atoms with Crippen LogP contribution in [0, 0.1) is 0 Å². The highest BCUT2D eigenvalue weighted by Crippen LogP contribution is 2.55. The molecule has 1 heteroatoms. The van der Waals surface area contributed by atoms with Crippen LogP contribution in [0.4, 0.5) is 17.1 Å². The second kappa shape index (κ2) is 14.0. The molecule has 1 nitrogen and oxygen atoms in total. The van der Waals surface area contributed by atoms with Gasteiger partial charge in [-0.3, -0.25) is 0 Å². The van der Waals surface area contributed by atoms with Crippen molar-refractivity contribution in [1.82, 2.24) is 0 Å². The molecule has 0 saturated carbocycles. The Morgan fingerprint density at radius 3 is 1.44 bits per heavy atom. The van der Waals surface area contributed by atoms with E-state index in [2.05, 4.69) is 231 Å². The third-order valence-electron chi connectivity index (χ3n) is 10.9. The molecule has 8 aromatic rings. The standard InChI is InChI=1S/C53H41N/c1-53(2)47-34-17-15-32-45(47)46-33-20-36-49(52(46)53)54(48-35-18-16-31-44(48)38-21-7-3-8-22-38)43-30-19-29-42(37-43)51(41-27-13-6-14-28-41)50(39-23-9-4-10-24-39)40-25-11-5-12-26-40/h3-37H,1-2H3. The van der Waals surface area contributed by atoms with E-state index < -0.39 is 0 Å². The fourth-order valence-corrected chi connectivity index (χ4v) is 8.47. The maximum Gasteiger partial charge on any atom is 0.0540 e. The summed E-state index contributed by atoms with van der Waals surface area (Å²) in [5, 5.41) is 0. The molecule has 1 aliphatic carbocycles. The zero-order chi connectivity index (χ0) is 36.5. The third-order valence-corrected chi connectivity index (χ3v) is 10.9. The molecule has 0 radical (unpaired) electrons. The topological polar surface area (TPSA) is 3.24 Å². The number of fused-ring (bicyclic) bond motifs is 3. The summed E-state index contributed by atoms with van der Waals surface area (Å²) >= 11 is 0. The highest BCUT2D eigenvalue weighted by atomic mass is 15.1. The van der Waals surface area contributed by atoms with Crippen molar-refractivity contribution in [2.24, 2.45) is 0 Å². The van der Waals surface area contributed by atoms with Crippen LogP contribution in [0.1, 0.15) is 47.2 Å². The van der Waals surface area contributed by atoms with Crippen molar-refractivity contribution < 1.29 is 0 Å². The van der Waals surface area contributed by atoms with E-state index in [1.807, 2.05) is 0 Å². The Hall–Kier alpha value is -6.70. The Kier molecular flexibility index (Phi) is 8.61. The Balaban J connectivity index is 1.34. The lowest BCUT2D eigenvalue weighted by atomic mass is 9.81. The van der Waals surface area contributed by atoms with Crippen LogP contribution in [0.3, 0.4) is 0 Å². The molecule has 54 heavy (non-hydrogen) atoms. The minimum atomic E-state index is -0.205. The van der Waals surface area contributed by atoms with E-state index in [1.165, 1.54) is 66.9 Å². The molecule has 0 fully saturated rings. The molecule has 258 valence electrons. The average molecular weight is 692 g/mol. The Bertz CT molecular complexity index is 2560. The second-order valence-electron chi connectivity index (χ2n) is 14.5. The van der Waals surface area contributed by atoms with Crippen molar-refractivity contribution in [1.29, 1.82) is 0 Å². The first-order valence-corrected chi connectivity index (χ1v) is 18.8. The highest BCUT2D eigenvalue weighted by Gasteiger charge is 2.39. The summed E-state index contributed by atoms with van der Waals surface area (Å²) in [7, 11) is 0. The predicted octanol–water partition coefficient (Wildman–Crippen LogP) is 14.1. The maximum absolute atomic E-state index is 2.51. The zero-order valence-corrected chi connectivity index (χ0v) is 30.7. The third kappa shape index (κ3) is 5.85. The fraction of sp³-hybridized carbons (Fsp3) is 0.0566. The summed E-state index contributed by atoms with van der Waals surface area (Å²) in [6.07, 6.45) is 0. The normalized spacial score (nSPS) is 12.4. The average Bonchev–Trinajstić information content (AvgIpc) is 3.48. The van der Waals surface area contributed by atoms with E-state index in [9.17, 15) is 0 Å². The molecule has 0 atom stereocenters. The quantitative estimate of drug-likeness (QED) is 0.143. The lowest BCUT2D eigenvalue weighted by molar-refractivity contribution is 0.661. The summed E-state index contributed by atoms with van der Waals surface area (Å²) in [5.41, 5.74) is 18.0. The largest absolute Gasteiger partial charge is 0.310 e. The van der Waals surface area contributed by atoms with Gasteiger partial charge in [0.2, 0.25) is 0 Å². The molecule has 0 unspecified atom stereocenters. The van der Waals surface area contributed by atoms with Gasteiger partial charge in [0.05, 0.1) is 11.4 Å². The van der Waals surface area contributed by atoms with E-state index in [-0.39, 0.29) is 5.41 Å². The van der Waals surface area contributed by atoms with Crippen LogP contribution in [0.25, 0.3) is 33.4 Å². The van der Waals surface area contributed by atoms with Gasteiger partial charge in [-0.15, -0.1) is 0 Å². The first kappa shape index (κ1) is 33.2. The molecular weight excluding hydrogens is 651 g/mol. The van der Waals surface area contributed by atoms with Gasteiger partial charge < -0.3 is 4.90 Å². The van der Waals surface area contributed by atoms with Gasteiger partial charge in [-0.1, -0.05) is 202 Å². The number of anilines is 3. The van der Waals surface area contributed by atoms with Gasteiger partial charge in [-0.05, 0) is 85.5 Å². The summed E-state index contributed by atoms with van der Waals surface area (Å²) in [6.45, 7) is 4.75. The molecule has 0 amide bonds. The zero-order valence-electron chi connectivity index (χ0n) is 30.7. The lowest BCUT2D eigenvalue weighted by Gasteiger charge is -2.33. The van der Waals surface area contributed by atoms with Gasteiger partial charge >= 0.3 is 0 Å². The highest BCUT2D eigenvalue weighted by molar-refractivity contribution is 6.05. The fourth-order valence-electron chi connectivity index (χ4n) is 8.47. The van der Waals surface area contributed by atoms with Crippen LogP contribution in [0.2, 0.25) is 0 Å². The van der Waals surface area contributed by atoms with E-state index in [0.717, 1.165) is 16.9 Å². The molecule has 8 aromatic carbocycles. The lowest BCUT2D eigenvalue weighted by Crippen LogP contribution is -2.21. The summed E-state index contributed by atoms with van der Waals surface area (Å²) in [4.78, 5) is 2.51. The van der Waals surface area contributed by atoms with E-state index in [1.54, 1.807) is 0 Å². The van der Waals surface area contributed by atoms with Crippen LogP contribution in [-0.4, -0.2) is 0 Å². The van der Waals surface area contributed by atoms with Gasteiger partial charge in [-0.25, -0.2) is 0 Å². The molecule has 0 bridgehead atoms. The SMILES string of the molecule is CC1(C)c2ccccc2-c2cccc(N(c3cccc(C(=C(c4ccccc4)c4ccccc4)c4ccccc4)c3)c3ccccc3-c3ccccc3)c21. The first-order valence-electron chi connectivity index (χ1n) is 18.8. The second-order valence-corrected chi connectivity index (χ2v) is 14.5. The van der Waals surface area contributed by atoms with Crippen molar-refractivity contribution in [3.63, 3.8) is 0 Å². The van der Waals surface area contributed by atoms with Gasteiger partial charge in [0.1, 0.15) is 0 Å².